The van der Waals surface area contributed by atoms with Gasteiger partial charge in [0.2, 0.25) is 15.8 Å². The highest BCUT2D eigenvalue weighted by molar-refractivity contribution is 7.94. The number of aromatic amines is 1. The van der Waals surface area contributed by atoms with E-state index in [1.807, 2.05) is 0 Å². The molecule has 178 valence electrons. The molecule has 5 rings (SSSR count). The second-order valence-corrected chi connectivity index (χ2v) is 11.4. The maximum absolute atomic E-state index is 13.2. The van der Waals surface area contributed by atoms with Crippen molar-refractivity contribution in [2.24, 2.45) is 5.14 Å². The van der Waals surface area contributed by atoms with Crippen LogP contribution in [0.25, 0.3) is 22.5 Å². The molecule has 2 amide bonds. The van der Waals surface area contributed by atoms with Crippen LogP contribution in [0, 0.1) is 0 Å². The van der Waals surface area contributed by atoms with E-state index in [0.29, 0.717) is 24.5 Å². The number of nitrogens with zero attached hydrogens (tertiary/aromatic N) is 5. The van der Waals surface area contributed by atoms with Crippen LogP contribution in [-0.4, -0.2) is 79.9 Å². The summed E-state index contributed by atoms with van der Waals surface area (Å²) in [6.45, 7) is 1.24. The number of rotatable bonds is 6. The summed E-state index contributed by atoms with van der Waals surface area (Å²) in [4.78, 5) is 16.7. The molecule has 0 radical (unpaired) electrons. The maximum Gasteiger partial charge on any atom is 0.323 e. The molecule has 34 heavy (non-hydrogen) atoms. The zero-order valence-corrected chi connectivity index (χ0v) is 19.1. The Labute approximate surface area is 193 Å². The van der Waals surface area contributed by atoms with E-state index >= 15 is 0 Å². The molecule has 0 spiro atoms. The number of aromatic nitrogens is 5. The highest BCUT2D eigenvalue weighted by Crippen LogP contribution is 2.40. The molecule has 0 aliphatic carbocycles. The first kappa shape index (κ1) is 22.3. The highest BCUT2D eigenvalue weighted by Gasteiger charge is 2.38. The SMILES string of the molecule is NS(=O)(=O)c1c(S(=O)(=O)C2CNC2)ccc(-c2ccnc(N3CCNC3=O)c2)c1-c1nn[nH]n1. The average Bonchev–Trinajstić information content (AvgIpc) is 3.42. The lowest BCUT2D eigenvalue weighted by molar-refractivity contribution is 0.252. The van der Waals surface area contributed by atoms with E-state index in [9.17, 15) is 21.6 Å². The largest absolute Gasteiger partial charge is 0.336 e. The van der Waals surface area contributed by atoms with Crippen LogP contribution in [0.15, 0.2) is 40.3 Å². The van der Waals surface area contributed by atoms with Crippen molar-refractivity contribution in [2.45, 2.75) is 15.0 Å². The second-order valence-electron chi connectivity index (χ2n) is 7.71. The Bertz CT molecular complexity index is 1490. The first-order valence-electron chi connectivity index (χ1n) is 10.1. The van der Waals surface area contributed by atoms with E-state index in [-0.39, 0.29) is 36.1 Å². The van der Waals surface area contributed by atoms with Gasteiger partial charge >= 0.3 is 6.03 Å². The van der Waals surface area contributed by atoms with E-state index in [1.54, 1.807) is 12.1 Å². The average molecular weight is 506 g/mol. The predicted octanol–water partition coefficient (Wildman–Crippen LogP) is -1.15. The molecule has 3 aromatic rings. The fraction of sp³-hybridized carbons (Fsp3) is 0.278. The van der Waals surface area contributed by atoms with E-state index in [4.69, 9.17) is 5.14 Å². The molecule has 16 heteroatoms. The normalized spacial score (nSPS) is 17.0. The molecule has 0 bridgehead atoms. The van der Waals surface area contributed by atoms with E-state index in [2.05, 4.69) is 36.2 Å². The topological polar surface area (TPSA) is 206 Å². The Morgan fingerprint density at radius 2 is 1.91 bits per heavy atom. The quantitative estimate of drug-likeness (QED) is 0.316. The van der Waals surface area contributed by atoms with Crippen LogP contribution in [0.3, 0.4) is 0 Å². The van der Waals surface area contributed by atoms with Crippen LogP contribution < -0.4 is 20.7 Å². The summed E-state index contributed by atoms with van der Waals surface area (Å²) in [6, 6.07) is 5.54. The molecule has 0 unspecified atom stereocenters. The van der Waals surface area contributed by atoms with Gasteiger partial charge in [-0.1, -0.05) is 6.07 Å². The summed E-state index contributed by atoms with van der Waals surface area (Å²) in [6.07, 6.45) is 1.46. The molecule has 2 aliphatic heterocycles. The summed E-state index contributed by atoms with van der Waals surface area (Å²) in [5, 5.41) is 23.8. The number of carbonyl (C=O) groups is 1. The number of pyridine rings is 1. The van der Waals surface area contributed by atoms with Gasteiger partial charge in [-0.25, -0.2) is 31.8 Å². The van der Waals surface area contributed by atoms with Crippen molar-refractivity contribution in [3.8, 4) is 22.5 Å². The smallest absolute Gasteiger partial charge is 0.323 e. The maximum atomic E-state index is 13.2. The van der Waals surface area contributed by atoms with Crippen molar-refractivity contribution in [3.05, 3.63) is 30.5 Å². The van der Waals surface area contributed by atoms with Gasteiger partial charge in [-0.15, -0.1) is 10.2 Å². The molecule has 2 fully saturated rings. The molecule has 2 aromatic heterocycles. The van der Waals surface area contributed by atoms with E-state index < -0.39 is 34.9 Å². The van der Waals surface area contributed by atoms with Crippen molar-refractivity contribution < 1.29 is 21.6 Å². The highest BCUT2D eigenvalue weighted by atomic mass is 32.2. The molecule has 2 aliphatic rings. The minimum atomic E-state index is -4.57. The van der Waals surface area contributed by atoms with Crippen LogP contribution >= 0.6 is 0 Å². The zero-order chi connectivity index (χ0) is 24.1. The van der Waals surface area contributed by atoms with Crippen LogP contribution in [0.1, 0.15) is 0 Å². The van der Waals surface area contributed by atoms with Gasteiger partial charge in [0.05, 0.1) is 15.7 Å². The van der Waals surface area contributed by atoms with Gasteiger partial charge in [0.15, 0.2) is 9.84 Å². The number of nitrogens with one attached hydrogen (secondary N) is 3. The molecule has 1 aromatic carbocycles. The van der Waals surface area contributed by atoms with Gasteiger partial charge in [-0.3, -0.25) is 4.90 Å². The third-order valence-electron chi connectivity index (χ3n) is 5.65. The number of benzene rings is 1. The lowest BCUT2D eigenvalue weighted by Crippen LogP contribution is -2.51. The summed E-state index contributed by atoms with van der Waals surface area (Å²) in [5.41, 5.74) is 0.607. The molecular weight excluding hydrogens is 486 g/mol. The fourth-order valence-corrected chi connectivity index (χ4v) is 7.07. The van der Waals surface area contributed by atoms with E-state index in [1.165, 1.54) is 23.2 Å². The monoisotopic (exact) mass is 505 g/mol. The Hall–Kier alpha value is -3.47. The number of hydrogen-bond donors (Lipinski definition) is 4. The summed E-state index contributed by atoms with van der Waals surface area (Å²) < 4.78 is 52.0. The summed E-state index contributed by atoms with van der Waals surface area (Å²) in [7, 11) is -8.61. The number of urea groups is 1. The third kappa shape index (κ3) is 3.69. The molecule has 2 saturated heterocycles. The van der Waals surface area contributed by atoms with Crippen LogP contribution in [0.2, 0.25) is 0 Å². The minimum absolute atomic E-state index is 0.118. The first-order chi connectivity index (χ1) is 16.2. The number of sulfone groups is 1. The minimum Gasteiger partial charge on any atom is -0.336 e. The molecule has 0 atom stereocenters. The van der Waals surface area contributed by atoms with Crippen molar-refractivity contribution in [3.63, 3.8) is 0 Å². The Morgan fingerprint density at radius 3 is 2.50 bits per heavy atom. The fourth-order valence-electron chi connectivity index (χ4n) is 3.89. The van der Waals surface area contributed by atoms with Gasteiger partial charge in [-0.2, -0.15) is 5.21 Å². The lowest BCUT2D eigenvalue weighted by atomic mass is 9.99. The summed E-state index contributed by atoms with van der Waals surface area (Å²) >= 11 is 0. The second kappa shape index (κ2) is 8.08. The Kier molecular flexibility index (Phi) is 5.31. The van der Waals surface area contributed by atoms with Crippen LogP contribution in [0.4, 0.5) is 10.6 Å². The number of primary sulfonamides is 1. The van der Waals surface area contributed by atoms with E-state index in [0.717, 1.165) is 0 Å². The van der Waals surface area contributed by atoms with Crippen molar-refractivity contribution in [1.82, 2.24) is 36.2 Å². The zero-order valence-electron chi connectivity index (χ0n) is 17.5. The standard InChI is InChI=1S/C18H19N9O5S2/c19-34(31,32)16-13(33(29,30)11-8-20-9-11)2-1-12(15(16)17-23-25-26-24-17)10-3-4-21-14(7-10)27-6-5-22-18(27)28/h1-4,7,11,20H,5-6,8-9H2,(H,22,28)(H2,19,31,32)(H,23,24,25,26). The molecule has 0 saturated carbocycles. The number of anilines is 1. The van der Waals surface area contributed by atoms with Gasteiger partial charge in [0.1, 0.15) is 10.7 Å². The molecule has 4 heterocycles. The Balaban J connectivity index is 1.78. The number of hydrogen-bond acceptors (Lipinski definition) is 10. The number of amides is 2. The van der Waals surface area contributed by atoms with Gasteiger partial charge in [0, 0.05) is 32.4 Å². The first-order valence-corrected chi connectivity index (χ1v) is 13.2. The van der Waals surface area contributed by atoms with Crippen molar-refractivity contribution in [1.29, 1.82) is 0 Å². The summed E-state index contributed by atoms with van der Waals surface area (Å²) in [5.74, 6) is 0.182. The van der Waals surface area contributed by atoms with Gasteiger partial charge < -0.3 is 10.6 Å². The molecule has 14 nitrogen and oxygen atoms in total. The van der Waals surface area contributed by atoms with Gasteiger partial charge in [-0.05, 0) is 34.5 Å². The van der Waals surface area contributed by atoms with Crippen molar-refractivity contribution in [2.75, 3.05) is 31.1 Å². The number of carbonyl (C=O) groups excluding carboxylic acids is 1. The number of nitrogens with two attached hydrogens (primary N) is 1. The van der Waals surface area contributed by atoms with Crippen LogP contribution in [-0.2, 0) is 19.9 Å². The predicted molar refractivity (Wildman–Crippen MR) is 119 cm³/mol. The lowest BCUT2D eigenvalue weighted by Gasteiger charge is -2.28. The number of sulfonamides is 1. The molecular formula is C18H19N9O5S2. The van der Waals surface area contributed by atoms with Gasteiger partial charge in [0.25, 0.3) is 0 Å². The van der Waals surface area contributed by atoms with Crippen LogP contribution in [0.5, 0.6) is 0 Å². The number of tetrazole rings is 1. The Morgan fingerprint density at radius 1 is 1.12 bits per heavy atom. The van der Waals surface area contributed by atoms with Crippen molar-refractivity contribution >= 4 is 31.7 Å². The third-order valence-corrected chi connectivity index (χ3v) is 8.94. The number of H-pyrrole nitrogens is 1. The molecule has 5 N–H and O–H groups in total.